The van der Waals surface area contributed by atoms with Crippen LogP contribution in [0.5, 0.6) is 5.75 Å². The van der Waals surface area contributed by atoms with E-state index in [1.807, 2.05) is 11.9 Å². The molecule has 0 saturated carbocycles. The van der Waals surface area contributed by atoms with Gasteiger partial charge in [0.2, 0.25) is 5.91 Å². The van der Waals surface area contributed by atoms with Gasteiger partial charge >= 0.3 is 5.69 Å². The number of nitro groups is 1. The Bertz CT molecular complexity index is 535. The molecule has 1 heterocycles. The number of carbonyl (C=O) groups excluding carboxylic acids is 1. The van der Waals surface area contributed by atoms with E-state index >= 15 is 0 Å². The Hall–Kier alpha value is -2.15. The lowest BCUT2D eigenvalue weighted by Crippen LogP contribution is -2.31. The molecule has 22 heavy (non-hydrogen) atoms. The lowest BCUT2D eigenvalue weighted by Gasteiger charge is -2.16. The molecule has 1 amide bonds. The predicted octanol–water partition coefficient (Wildman–Crippen LogP) is 1.43. The number of hydrogen-bond donors (Lipinski definition) is 1. The number of carbonyl (C=O) groups is 1. The number of likely N-dealkylation sites (tertiary alicyclic amines) is 1. The number of rotatable bonds is 7. The van der Waals surface area contributed by atoms with Gasteiger partial charge in [-0.3, -0.25) is 14.9 Å². The maximum atomic E-state index is 12.1. The Morgan fingerprint density at radius 2 is 2.27 bits per heavy atom. The van der Waals surface area contributed by atoms with Crippen LogP contribution in [0.4, 0.5) is 5.69 Å². The van der Waals surface area contributed by atoms with Crippen molar-refractivity contribution < 1.29 is 14.5 Å². The van der Waals surface area contributed by atoms with Gasteiger partial charge < -0.3 is 15.0 Å². The van der Waals surface area contributed by atoms with E-state index in [1.165, 1.54) is 6.07 Å². The molecule has 1 atom stereocenters. The van der Waals surface area contributed by atoms with Gasteiger partial charge in [0.1, 0.15) is 0 Å². The van der Waals surface area contributed by atoms with Crippen molar-refractivity contribution in [3.05, 3.63) is 34.4 Å². The monoisotopic (exact) mass is 307 g/mol. The maximum Gasteiger partial charge on any atom is 0.310 e. The minimum atomic E-state index is -0.486. The predicted molar refractivity (Wildman–Crippen MR) is 81.8 cm³/mol. The smallest absolute Gasteiger partial charge is 0.310 e. The van der Waals surface area contributed by atoms with E-state index in [4.69, 9.17) is 4.74 Å². The molecule has 0 radical (unpaired) electrons. The summed E-state index contributed by atoms with van der Waals surface area (Å²) in [6, 6.07) is 6.19. The molecule has 1 aromatic rings. The van der Waals surface area contributed by atoms with E-state index < -0.39 is 4.92 Å². The molecule has 0 bridgehead atoms. The van der Waals surface area contributed by atoms with Gasteiger partial charge in [-0.2, -0.15) is 0 Å². The average Bonchev–Trinajstić information content (AvgIpc) is 2.96. The quantitative estimate of drug-likeness (QED) is 0.608. The number of ether oxygens (including phenoxy) is 1. The van der Waals surface area contributed by atoms with Crippen LogP contribution >= 0.6 is 0 Å². The normalized spacial score (nSPS) is 17.5. The summed E-state index contributed by atoms with van der Waals surface area (Å²) in [5.74, 6) is 0.747. The van der Waals surface area contributed by atoms with E-state index in [1.54, 1.807) is 18.2 Å². The van der Waals surface area contributed by atoms with Gasteiger partial charge in [0.05, 0.1) is 18.0 Å². The van der Waals surface area contributed by atoms with Gasteiger partial charge in [0.25, 0.3) is 0 Å². The molecule has 0 aliphatic carbocycles. The fraction of sp³-hybridized carbons (Fsp3) is 0.533. The molecule has 7 nitrogen and oxygen atoms in total. The Morgan fingerprint density at radius 1 is 1.50 bits per heavy atom. The fourth-order valence-electron chi connectivity index (χ4n) is 2.65. The zero-order chi connectivity index (χ0) is 15.9. The summed E-state index contributed by atoms with van der Waals surface area (Å²) in [4.78, 5) is 24.3. The number of hydrogen-bond acceptors (Lipinski definition) is 5. The number of benzene rings is 1. The molecule has 7 heteroatoms. The van der Waals surface area contributed by atoms with Crippen LogP contribution in [0.3, 0.4) is 0 Å². The highest BCUT2D eigenvalue weighted by Gasteiger charge is 2.25. The third-order valence-electron chi connectivity index (χ3n) is 3.77. The fourth-order valence-corrected chi connectivity index (χ4v) is 2.65. The minimum Gasteiger partial charge on any atom is -0.486 e. The van der Waals surface area contributed by atoms with Crippen LogP contribution in [-0.2, 0) is 4.79 Å². The van der Waals surface area contributed by atoms with Crippen molar-refractivity contribution in [1.29, 1.82) is 0 Å². The lowest BCUT2D eigenvalue weighted by atomic mass is 10.1. The topological polar surface area (TPSA) is 84.7 Å². The summed E-state index contributed by atoms with van der Waals surface area (Å²) in [5, 5.41) is 14.0. The summed E-state index contributed by atoms with van der Waals surface area (Å²) in [7, 11) is 1.91. The van der Waals surface area contributed by atoms with E-state index in [0.29, 0.717) is 5.92 Å². The molecule has 1 aromatic carbocycles. The molecule has 1 N–H and O–H groups in total. The number of nitrogens with one attached hydrogen (secondary N) is 1. The highest BCUT2D eigenvalue weighted by Crippen LogP contribution is 2.26. The standard InChI is InChI=1S/C15H21N3O4/c1-16-10-12-6-8-17(11-12)15(19)7-9-22-14-5-3-2-4-13(14)18(20)21/h2-5,12,16H,6-11H2,1H3. The first kappa shape index (κ1) is 16.2. The van der Waals surface area contributed by atoms with Gasteiger partial charge in [0.15, 0.2) is 5.75 Å². The van der Waals surface area contributed by atoms with Gasteiger partial charge in [-0.05, 0) is 32.0 Å². The van der Waals surface area contributed by atoms with E-state index in [9.17, 15) is 14.9 Å². The number of nitrogens with zero attached hydrogens (tertiary/aromatic N) is 2. The highest BCUT2D eigenvalue weighted by atomic mass is 16.6. The van der Waals surface area contributed by atoms with Crippen LogP contribution in [-0.4, -0.2) is 49.0 Å². The highest BCUT2D eigenvalue weighted by molar-refractivity contribution is 5.76. The zero-order valence-corrected chi connectivity index (χ0v) is 12.7. The van der Waals surface area contributed by atoms with E-state index in [2.05, 4.69) is 5.32 Å². The average molecular weight is 307 g/mol. The minimum absolute atomic E-state index is 0.0391. The zero-order valence-electron chi connectivity index (χ0n) is 12.7. The van der Waals surface area contributed by atoms with Crippen LogP contribution in [0.1, 0.15) is 12.8 Å². The molecule has 2 rings (SSSR count). The first-order valence-corrected chi connectivity index (χ1v) is 7.40. The van der Waals surface area contributed by atoms with Crippen molar-refractivity contribution >= 4 is 11.6 Å². The van der Waals surface area contributed by atoms with Gasteiger partial charge in [-0.25, -0.2) is 0 Å². The van der Waals surface area contributed by atoms with Gasteiger partial charge in [0, 0.05) is 19.2 Å². The van der Waals surface area contributed by atoms with Crippen LogP contribution in [0.25, 0.3) is 0 Å². The van der Waals surface area contributed by atoms with Crippen LogP contribution in [0.15, 0.2) is 24.3 Å². The number of amides is 1. The summed E-state index contributed by atoms with van der Waals surface area (Å²) >= 11 is 0. The largest absolute Gasteiger partial charge is 0.486 e. The molecule has 1 aliphatic rings. The van der Waals surface area contributed by atoms with Crippen molar-refractivity contribution in [1.82, 2.24) is 10.2 Å². The van der Waals surface area contributed by atoms with Crippen LogP contribution < -0.4 is 10.1 Å². The Kier molecular flexibility index (Phi) is 5.71. The van der Waals surface area contributed by atoms with Crippen LogP contribution in [0.2, 0.25) is 0 Å². The van der Waals surface area contributed by atoms with E-state index in [-0.39, 0.29) is 30.4 Å². The Balaban J connectivity index is 1.79. The summed E-state index contributed by atoms with van der Waals surface area (Å²) < 4.78 is 5.40. The van der Waals surface area contributed by atoms with Gasteiger partial charge in [-0.15, -0.1) is 0 Å². The third kappa shape index (κ3) is 4.17. The van der Waals surface area contributed by atoms with Crippen molar-refractivity contribution in [3.8, 4) is 5.75 Å². The maximum absolute atomic E-state index is 12.1. The molecular formula is C15H21N3O4. The Labute approximate surface area is 129 Å². The first-order valence-electron chi connectivity index (χ1n) is 7.40. The molecule has 1 unspecified atom stereocenters. The molecule has 1 aliphatic heterocycles. The van der Waals surface area contributed by atoms with Crippen LogP contribution in [0, 0.1) is 16.0 Å². The van der Waals surface area contributed by atoms with Gasteiger partial charge in [-0.1, -0.05) is 12.1 Å². The van der Waals surface area contributed by atoms with Crippen molar-refractivity contribution in [2.45, 2.75) is 12.8 Å². The summed E-state index contributed by atoms with van der Waals surface area (Å²) in [6.07, 6.45) is 1.25. The SMILES string of the molecule is CNCC1CCN(C(=O)CCOc2ccccc2[N+](=O)[O-])C1. The molecule has 120 valence electrons. The second kappa shape index (κ2) is 7.74. The second-order valence-corrected chi connectivity index (χ2v) is 5.38. The van der Waals surface area contributed by atoms with E-state index in [0.717, 1.165) is 26.1 Å². The number of para-hydroxylation sites is 2. The molecule has 1 fully saturated rings. The van der Waals surface area contributed by atoms with Crippen molar-refractivity contribution in [2.75, 3.05) is 33.3 Å². The molecule has 0 spiro atoms. The second-order valence-electron chi connectivity index (χ2n) is 5.38. The molecular weight excluding hydrogens is 286 g/mol. The van der Waals surface area contributed by atoms with Crippen molar-refractivity contribution in [3.63, 3.8) is 0 Å². The summed E-state index contributed by atoms with van der Waals surface area (Å²) in [6.45, 7) is 2.61. The Morgan fingerprint density at radius 3 is 3.00 bits per heavy atom. The van der Waals surface area contributed by atoms with Crippen molar-refractivity contribution in [2.24, 2.45) is 5.92 Å². The molecule has 1 saturated heterocycles. The lowest BCUT2D eigenvalue weighted by molar-refractivity contribution is -0.385. The first-order chi connectivity index (χ1) is 10.6. The number of nitro benzene ring substituents is 1. The summed E-state index contributed by atoms with van der Waals surface area (Å²) in [5.41, 5.74) is -0.0785. The third-order valence-corrected chi connectivity index (χ3v) is 3.77. The molecule has 0 aromatic heterocycles.